The summed E-state index contributed by atoms with van der Waals surface area (Å²) < 4.78 is 24.6. The number of rotatable bonds is 16. The number of Topliss-reactive ketones (excluding diaryl/α,β-unsaturated/α-hetero) is 2. The predicted molar refractivity (Wildman–Crippen MR) is 164 cm³/mol. The zero-order valence-electron chi connectivity index (χ0n) is 24.1. The molecule has 0 aliphatic heterocycles. The Morgan fingerprint density at radius 2 is 1.05 bits per heavy atom. The number of ether oxygens (including phenoxy) is 4. The van der Waals surface area contributed by atoms with Crippen LogP contribution in [0.5, 0.6) is 23.0 Å². The second kappa shape index (κ2) is 13.9. The molecule has 0 bridgehead atoms. The molecule has 0 spiro atoms. The molecule has 2 N–H and O–H groups in total. The Morgan fingerprint density at radius 1 is 0.651 bits per heavy atom. The lowest BCUT2D eigenvalue weighted by molar-refractivity contribution is -0.141. The van der Waals surface area contributed by atoms with Crippen LogP contribution in [-0.4, -0.2) is 61.2 Å². The fourth-order valence-electron chi connectivity index (χ4n) is 4.27. The van der Waals surface area contributed by atoms with Gasteiger partial charge in [0.05, 0.1) is 49.0 Å². The van der Waals surface area contributed by atoms with Gasteiger partial charge in [0, 0.05) is 40.8 Å². The molecule has 0 radical (unpaired) electrons. The summed E-state index contributed by atoms with van der Waals surface area (Å²) >= 11 is 2.57. The first-order valence-electron chi connectivity index (χ1n) is 13.5. The Bertz CT molecular complexity index is 1550. The van der Waals surface area contributed by atoms with Crippen molar-refractivity contribution in [3.05, 3.63) is 46.2 Å². The molecule has 0 saturated heterocycles. The second-order valence-corrected chi connectivity index (χ2v) is 12.3. The van der Waals surface area contributed by atoms with E-state index in [0.29, 0.717) is 52.4 Å². The molecule has 4 rings (SSSR count). The first-order chi connectivity index (χ1) is 20.5. The van der Waals surface area contributed by atoms with Crippen LogP contribution in [0.15, 0.2) is 36.4 Å². The van der Waals surface area contributed by atoms with Crippen molar-refractivity contribution in [3.63, 3.8) is 0 Å². The lowest BCUT2D eigenvalue weighted by atomic mass is 10.0. The molecule has 2 heterocycles. The Kier molecular flexibility index (Phi) is 10.3. The van der Waals surface area contributed by atoms with E-state index < -0.39 is 23.8 Å². The quantitative estimate of drug-likeness (QED) is 0.103. The molecule has 228 valence electrons. The summed E-state index contributed by atoms with van der Waals surface area (Å²) in [6.07, 6.45) is 0.389. The first-order valence-corrected chi connectivity index (χ1v) is 15.1. The highest BCUT2D eigenvalue weighted by Gasteiger charge is 2.21. The number of thiophene rings is 2. The van der Waals surface area contributed by atoms with E-state index >= 15 is 0 Å². The zero-order chi connectivity index (χ0) is 31.3. The van der Waals surface area contributed by atoms with Crippen LogP contribution in [0.1, 0.15) is 52.5 Å². The van der Waals surface area contributed by atoms with Crippen LogP contribution in [0.25, 0.3) is 20.2 Å². The summed E-state index contributed by atoms with van der Waals surface area (Å²) in [6, 6.07) is 10.7. The van der Waals surface area contributed by atoms with Gasteiger partial charge in [0.15, 0.2) is 34.6 Å². The Morgan fingerprint density at radius 3 is 1.49 bits per heavy atom. The first kappa shape index (κ1) is 31.8. The van der Waals surface area contributed by atoms with Gasteiger partial charge < -0.3 is 29.2 Å². The van der Waals surface area contributed by atoms with Crippen LogP contribution in [0.3, 0.4) is 0 Å². The van der Waals surface area contributed by atoms with Crippen molar-refractivity contribution in [2.45, 2.75) is 33.1 Å². The predicted octanol–water partition coefficient (Wildman–Crippen LogP) is 6.57. The molecule has 0 amide bonds. The third-order valence-electron chi connectivity index (χ3n) is 6.78. The van der Waals surface area contributed by atoms with E-state index in [2.05, 4.69) is 0 Å². The number of hydrogen-bond acceptors (Lipinski definition) is 10. The number of methoxy groups -OCH3 is 2. The maximum absolute atomic E-state index is 12.6. The number of carboxylic acids is 2. The summed E-state index contributed by atoms with van der Waals surface area (Å²) in [7, 11) is 3.06. The van der Waals surface area contributed by atoms with E-state index in [-0.39, 0.29) is 24.4 Å². The average Bonchev–Trinajstić information content (AvgIpc) is 3.59. The van der Waals surface area contributed by atoms with Crippen LogP contribution in [0.2, 0.25) is 0 Å². The summed E-state index contributed by atoms with van der Waals surface area (Å²) in [6.45, 7) is 3.65. The Labute approximate surface area is 255 Å². The van der Waals surface area contributed by atoms with Crippen LogP contribution in [0.4, 0.5) is 0 Å². The summed E-state index contributed by atoms with van der Waals surface area (Å²) in [5.74, 6) is -1.93. The number of ketones is 2. The van der Waals surface area contributed by atoms with E-state index in [0.717, 1.165) is 20.2 Å². The number of carboxylic acid groups (broad SMARTS) is 2. The van der Waals surface area contributed by atoms with E-state index in [1.807, 2.05) is 0 Å². The number of carbonyl (C=O) groups is 4. The highest BCUT2D eigenvalue weighted by Crippen LogP contribution is 2.39. The van der Waals surface area contributed by atoms with Gasteiger partial charge in [-0.25, -0.2) is 0 Å². The lowest BCUT2D eigenvalue weighted by Gasteiger charge is -2.13. The number of aliphatic carboxylic acids is 2. The largest absolute Gasteiger partial charge is 0.493 e. The van der Waals surface area contributed by atoms with E-state index in [9.17, 15) is 19.2 Å². The highest BCUT2D eigenvalue weighted by molar-refractivity contribution is 7.21. The van der Waals surface area contributed by atoms with E-state index in [4.69, 9.17) is 29.2 Å². The minimum Gasteiger partial charge on any atom is -0.493 e. The van der Waals surface area contributed by atoms with E-state index in [1.165, 1.54) is 50.7 Å². The van der Waals surface area contributed by atoms with Crippen LogP contribution in [-0.2, 0) is 9.59 Å². The Hall–Kier alpha value is -4.16. The maximum atomic E-state index is 12.6. The topological polar surface area (TPSA) is 146 Å². The number of fused-ring (bicyclic) bond motifs is 2. The van der Waals surface area contributed by atoms with Crippen molar-refractivity contribution in [1.82, 2.24) is 0 Å². The van der Waals surface area contributed by atoms with Crippen LogP contribution in [0, 0.1) is 11.8 Å². The van der Waals surface area contributed by atoms with Gasteiger partial charge in [-0.2, -0.15) is 0 Å². The van der Waals surface area contributed by atoms with Gasteiger partial charge in [-0.05, 0) is 35.0 Å². The van der Waals surface area contributed by atoms with Crippen molar-refractivity contribution in [1.29, 1.82) is 0 Å². The SMILES string of the molecule is COc1cc2sc(C(=O)C[C@H](C)C(=O)O)cc2cc1OCCCOc1cc2sc(C(=O)C[C@H](C)C(=O)O)cc2cc1OC. The van der Waals surface area contributed by atoms with Gasteiger partial charge in [-0.1, -0.05) is 13.8 Å². The molecule has 0 unspecified atom stereocenters. The van der Waals surface area contributed by atoms with Crippen LogP contribution < -0.4 is 18.9 Å². The molecule has 4 aromatic rings. The standard InChI is InChI=1S/C31H32O10S2/c1-16(30(34)35)8-20(32)28-12-18-10-22(38-3)25(15-27(18)43-28)41-7-5-6-40-24-11-19-13-29(21(33)9-17(2)31(36)37)42-26(19)14-23(24)39-4/h10-17H,5-9H2,1-4H3,(H,34,35)(H,36,37)/t16-,17-/m0/s1. The fraction of sp³-hybridized carbons (Fsp3) is 0.355. The molecule has 10 nitrogen and oxygen atoms in total. The van der Waals surface area contributed by atoms with Gasteiger partial charge in [0.1, 0.15) is 0 Å². The van der Waals surface area contributed by atoms with Gasteiger partial charge in [0.2, 0.25) is 0 Å². The van der Waals surface area contributed by atoms with Gasteiger partial charge in [-0.3, -0.25) is 19.2 Å². The molecule has 2 aromatic carbocycles. The monoisotopic (exact) mass is 628 g/mol. The van der Waals surface area contributed by atoms with Gasteiger partial charge >= 0.3 is 11.9 Å². The number of carbonyl (C=O) groups excluding carboxylic acids is 2. The molecular formula is C31H32O10S2. The lowest BCUT2D eigenvalue weighted by Crippen LogP contribution is -2.13. The molecule has 0 saturated carbocycles. The smallest absolute Gasteiger partial charge is 0.306 e. The van der Waals surface area contributed by atoms with Gasteiger partial charge in [0.25, 0.3) is 0 Å². The van der Waals surface area contributed by atoms with Gasteiger partial charge in [-0.15, -0.1) is 22.7 Å². The molecule has 0 fully saturated rings. The summed E-state index contributed by atoms with van der Waals surface area (Å²) in [4.78, 5) is 48.4. The van der Waals surface area contributed by atoms with Crippen LogP contribution >= 0.6 is 22.7 Å². The molecule has 2 aromatic heterocycles. The van der Waals surface area contributed by atoms with Crippen molar-refractivity contribution in [2.24, 2.45) is 11.8 Å². The molecule has 12 heteroatoms. The molecule has 0 aliphatic carbocycles. The minimum atomic E-state index is -1.01. The van der Waals surface area contributed by atoms with Crippen molar-refractivity contribution in [3.8, 4) is 23.0 Å². The zero-order valence-corrected chi connectivity index (χ0v) is 25.8. The highest BCUT2D eigenvalue weighted by atomic mass is 32.1. The number of benzene rings is 2. The molecule has 0 aliphatic rings. The fourth-order valence-corrected chi connectivity index (χ4v) is 6.31. The Balaban J connectivity index is 1.38. The number of hydrogen-bond donors (Lipinski definition) is 2. The average molecular weight is 629 g/mol. The second-order valence-electron chi connectivity index (χ2n) is 10.1. The molecule has 2 atom stereocenters. The summed E-state index contributed by atoms with van der Waals surface area (Å²) in [5, 5.41) is 19.8. The molecule has 43 heavy (non-hydrogen) atoms. The minimum absolute atomic E-state index is 0.0712. The van der Waals surface area contributed by atoms with Crippen molar-refractivity contribution in [2.75, 3.05) is 27.4 Å². The van der Waals surface area contributed by atoms with Crippen molar-refractivity contribution >= 4 is 66.4 Å². The summed E-state index contributed by atoms with van der Waals surface area (Å²) in [5.41, 5.74) is 0. The normalized spacial score (nSPS) is 12.6. The third kappa shape index (κ3) is 7.63. The third-order valence-corrected chi connectivity index (χ3v) is 9.06. The van der Waals surface area contributed by atoms with E-state index in [1.54, 1.807) is 36.4 Å². The maximum Gasteiger partial charge on any atom is 0.306 e. The van der Waals surface area contributed by atoms with Crippen molar-refractivity contribution < 1.29 is 48.3 Å². The molecular weight excluding hydrogens is 596 g/mol.